The van der Waals surface area contributed by atoms with E-state index in [1.165, 1.54) is 13.0 Å². The van der Waals surface area contributed by atoms with Crippen LogP contribution in [-0.4, -0.2) is 23.0 Å². The van der Waals surface area contributed by atoms with Gasteiger partial charge in [-0.25, -0.2) is 10.9 Å². The zero-order valence-electron chi connectivity index (χ0n) is 14.0. The summed E-state index contributed by atoms with van der Waals surface area (Å²) in [4.78, 5) is 23.5. The molecule has 7 nitrogen and oxygen atoms in total. The van der Waals surface area contributed by atoms with Crippen LogP contribution in [0.5, 0.6) is 5.75 Å². The molecule has 1 saturated heterocycles. The molecule has 2 atom stereocenters. The quantitative estimate of drug-likeness (QED) is 0.566. The van der Waals surface area contributed by atoms with E-state index in [0.717, 1.165) is 0 Å². The second-order valence-corrected chi connectivity index (χ2v) is 6.52. The predicted molar refractivity (Wildman–Crippen MR) is 99.9 cm³/mol. The van der Waals surface area contributed by atoms with Gasteiger partial charge in [-0.2, -0.15) is 0 Å². The van der Waals surface area contributed by atoms with E-state index in [1.807, 2.05) is 0 Å². The summed E-state index contributed by atoms with van der Waals surface area (Å²) in [5.41, 5.74) is 7.87. The van der Waals surface area contributed by atoms with Gasteiger partial charge in [0.2, 0.25) is 11.8 Å². The maximum Gasteiger partial charge on any atom is 0.242 e. The van der Waals surface area contributed by atoms with Gasteiger partial charge in [0.25, 0.3) is 0 Å². The number of hydrogen-bond donors (Lipinski definition) is 5. The lowest BCUT2D eigenvalue weighted by atomic mass is 10.0. The van der Waals surface area contributed by atoms with Crippen LogP contribution in [0.1, 0.15) is 24.9 Å². The van der Waals surface area contributed by atoms with Crippen LogP contribution in [-0.2, 0) is 9.59 Å². The molecule has 8 heteroatoms. The standard InChI is InChI=1S/C18H19ClN4O3/c1-10(24)20-12-3-5-13(6-4-12)21-18(26)16-9-15(22-23-16)14-8-11(19)2-7-17(14)25/h2-8,15-16,22-23,25H,9H2,1H3,(H,20,24)(H,21,26). The third-order valence-electron chi connectivity index (χ3n) is 4.06. The van der Waals surface area contributed by atoms with Crippen LogP contribution in [0.2, 0.25) is 5.02 Å². The Bertz CT molecular complexity index is 826. The number of rotatable bonds is 4. The van der Waals surface area contributed by atoms with E-state index in [2.05, 4.69) is 21.5 Å². The minimum atomic E-state index is -0.464. The van der Waals surface area contributed by atoms with Gasteiger partial charge in [0.1, 0.15) is 11.8 Å². The van der Waals surface area contributed by atoms with Crippen molar-refractivity contribution in [2.24, 2.45) is 0 Å². The van der Waals surface area contributed by atoms with Crippen LogP contribution in [0.3, 0.4) is 0 Å². The Morgan fingerprint density at radius 2 is 1.73 bits per heavy atom. The van der Waals surface area contributed by atoms with Gasteiger partial charge in [-0.1, -0.05) is 11.6 Å². The second kappa shape index (κ2) is 7.74. The van der Waals surface area contributed by atoms with E-state index in [9.17, 15) is 14.7 Å². The molecule has 2 amide bonds. The molecule has 1 aliphatic rings. The molecular weight excluding hydrogens is 356 g/mol. The SMILES string of the molecule is CC(=O)Nc1ccc(NC(=O)C2CC(c3cc(Cl)ccc3O)NN2)cc1. The summed E-state index contributed by atoms with van der Waals surface area (Å²) < 4.78 is 0. The molecule has 26 heavy (non-hydrogen) atoms. The van der Waals surface area contributed by atoms with Crippen molar-refractivity contribution < 1.29 is 14.7 Å². The van der Waals surface area contributed by atoms with Gasteiger partial charge in [0.05, 0.1) is 6.04 Å². The molecule has 0 radical (unpaired) electrons. The molecule has 1 fully saturated rings. The molecule has 5 N–H and O–H groups in total. The molecule has 1 aliphatic heterocycles. The molecule has 0 spiro atoms. The second-order valence-electron chi connectivity index (χ2n) is 6.08. The van der Waals surface area contributed by atoms with Gasteiger partial charge in [-0.3, -0.25) is 9.59 Å². The third-order valence-corrected chi connectivity index (χ3v) is 4.29. The van der Waals surface area contributed by atoms with Crippen molar-refractivity contribution >= 4 is 34.8 Å². The highest BCUT2D eigenvalue weighted by molar-refractivity contribution is 6.30. The Morgan fingerprint density at radius 1 is 1.08 bits per heavy atom. The molecule has 0 aliphatic carbocycles. The molecule has 2 aromatic carbocycles. The minimum absolute atomic E-state index is 0.128. The van der Waals surface area contributed by atoms with E-state index in [1.54, 1.807) is 36.4 Å². The fourth-order valence-electron chi connectivity index (χ4n) is 2.81. The van der Waals surface area contributed by atoms with Crippen molar-refractivity contribution in [3.8, 4) is 5.75 Å². The fraction of sp³-hybridized carbons (Fsp3) is 0.222. The summed E-state index contributed by atoms with van der Waals surface area (Å²) in [5.74, 6) is -0.226. The number of carbonyl (C=O) groups is 2. The summed E-state index contributed by atoms with van der Waals surface area (Å²) in [6, 6.07) is 11.0. The maximum atomic E-state index is 12.4. The Hall–Kier alpha value is -2.61. The number of phenols is 1. The van der Waals surface area contributed by atoms with Gasteiger partial charge in [-0.05, 0) is 48.9 Å². The summed E-state index contributed by atoms with van der Waals surface area (Å²) >= 11 is 5.98. The number of amides is 2. The van der Waals surface area contributed by atoms with Crippen molar-refractivity contribution in [1.82, 2.24) is 10.9 Å². The average molecular weight is 375 g/mol. The van der Waals surface area contributed by atoms with Crippen LogP contribution in [0.4, 0.5) is 11.4 Å². The van der Waals surface area contributed by atoms with Crippen LogP contribution in [0.15, 0.2) is 42.5 Å². The number of anilines is 2. The van der Waals surface area contributed by atoms with E-state index in [0.29, 0.717) is 28.4 Å². The zero-order chi connectivity index (χ0) is 18.7. The highest BCUT2D eigenvalue weighted by Gasteiger charge is 2.31. The topological polar surface area (TPSA) is 102 Å². The average Bonchev–Trinajstić information content (AvgIpc) is 3.08. The van der Waals surface area contributed by atoms with Gasteiger partial charge < -0.3 is 15.7 Å². The van der Waals surface area contributed by atoms with Gasteiger partial charge in [-0.15, -0.1) is 0 Å². The maximum absolute atomic E-state index is 12.4. The highest BCUT2D eigenvalue weighted by atomic mass is 35.5. The highest BCUT2D eigenvalue weighted by Crippen LogP contribution is 2.32. The molecule has 2 unspecified atom stereocenters. The summed E-state index contributed by atoms with van der Waals surface area (Å²) in [5, 5.41) is 16.0. The number of benzene rings is 2. The fourth-order valence-corrected chi connectivity index (χ4v) is 2.99. The number of hydrazine groups is 1. The number of phenolic OH excluding ortho intramolecular Hbond substituents is 1. The van der Waals surface area contributed by atoms with Crippen LogP contribution < -0.4 is 21.5 Å². The third kappa shape index (κ3) is 4.32. The van der Waals surface area contributed by atoms with Crippen molar-refractivity contribution in [1.29, 1.82) is 0 Å². The van der Waals surface area contributed by atoms with Gasteiger partial charge in [0, 0.05) is 28.9 Å². The van der Waals surface area contributed by atoms with Crippen molar-refractivity contribution in [2.45, 2.75) is 25.4 Å². The molecule has 2 aromatic rings. The van der Waals surface area contributed by atoms with E-state index in [4.69, 9.17) is 11.6 Å². The van der Waals surface area contributed by atoms with E-state index in [-0.39, 0.29) is 23.6 Å². The number of aromatic hydroxyl groups is 1. The lowest BCUT2D eigenvalue weighted by Crippen LogP contribution is -2.39. The number of carbonyl (C=O) groups excluding carboxylic acids is 2. The van der Waals surface area contributed by atoms with E-state index >= 15 is 0 Å². The smallest absolute Gasteiger partial charge is 0.242 e. The first kappa shape index (κ1) is 18.2. The molecule has 0 aromatic heterocycles. The monoisotopic (exact) mass is 374 g/mol. The first-order valence-corrected chi connectivity index (χ1v) is 8.48. The van der Waals surface area contributed by atoms with Gasteiger partial charge >= 0.3 is 0 Å². The van der Waals surface area contributed by atoms with Crippen molar-refractivity contribution in [2.75, 3.05) is 10.6 Å². The number of halogens is 1. The first-order chi connectivity index (χ1) is 12.4. The molecule has 1 heterocycles. The lowest BCUT2D eigenvalue weighted by Gasteiger charge is -2.12. The van der Waals surface area contributed by atoms with Gasteiger partial charge in [0.15, 0.2) is 0 Å². The zero-order valence-corrected chi connectivity index (χ0v) is 14.8. The Morgan fingerprint density at radius 3 is 2.38 bits per heavy atom. The summed E-state index contributed by atoms with van der Waals surface area (Å²) in [6.45, 7) is 1.43. The van der Waals surface area contributed by atoms with Crippen LogP contribution in [0.25, 0.3) is 0 Å². The molecule has 0 saturated carbocycles. The molecule has 3 rings (SSSR count). The van der Waals surface area contributed by atoms with Crippen molar-refractivity contribution in [3.05, 3.63) is 53.1 Å². The summed E-state index contributed by atoms with van der Waals surface area (Å²) in [6.07, 6.45) is 0.462. The van der Waals surface area contributed by atoms with Crippen LogP contribution in [0, 0.1) is 0 Å². The normalized spacial score (nSPS) is 19.2. The number of hydrogen-bond acceptors (Lipinski definition) is 5. The molecule has 0 bridgehead atoms. The van der Waals surface area contributed by atoms with Crippen LogP contribution >= 0.6 is 11.6 Å². The Balaban J connectivity index is 1.61. The first-order valence-electron chi connectivity index (χ1n) is 8.10. The minimum Gasteiger partial charge on any atom is -0.508 e. The largest absolute Gasteiger partial charge is 0.508 e. The molecule has 136 valence electrons. The summed E-state index contributed by atoms with van der Waals surface area (Å²) in [7, 11) is 0. The van der Waals surface area contributed by atoms with Crippen molar-refractivity contribution in [3.63, 3.8) is 0 Å². The van der Waals surface area contributed by atoms with E-state index < -0.39 is 6.04 Å². The predicted octanol–water partition coefficient (Wildman–Crippen LogP) is 2.55. The number of nitrogens with one attached hydrogen (secondary N) is 4. The lowest BCUT2D eigenvalue weighted by molar-refractivity contribution is -0.118. The Kier molecular flexibility index (Phi) is 5.41. The molecular formula is C18H19ClN4O3. The Labute approximate surface area is 155 Å².